The molecule has 0 amide bonds. The minimum atomic E-state index is -4.08. The lowest BCUT2D eigenvalue weighted by Crippen LogP contribution is -2.49. The number of hydroxylamine groups is 12. The molecule has 52 heteroatoms. The number of aromatic hydroxyl groups is 2. The van der Waals surface area contributed by atoms with Crippen LogP contribution in [0.3, 0.4) is 0 Å². The molecular weight excluding hydrogens is 2030 g/mol. The van der Waals surface area contributed by atoms with Crippen LogP contribution in [0.2, 0.25) is 0 Å². The Morgan fingerprint density at radius 2 is 0.547 bits per heavy atom. The van der Waals surface area contributed by atoms with Crippen molar-refractivity contribution in [1.29, 1.82) is 0 Å². The molecule has 0 bridgehead atoms. The molecule has 0 unspecified atom stereocenters. The van der Waals surface area contributed by atoms with Crippen LogP contribution in [0.15, 0.2) is 18.2 Å². The van der Waals surface area contributed by atoms with Crippen molar-refractivity contribution in [3.05, 3.63) is 23.8 Å². The molecule has 0 aromatic heterocycles. The highest BCUT2D eigenvalue weighted by molar-refractivity contribution is 7.86. The van der Waals surface area contributed by atoms with Crippen LogP contribution >= 0.6 is 0 Å². The molecule has 13 N–H and O–H groups in total. The average Bonchev–Trinajstić information content (AvgIpc) is 0.870. The van der Waals surface area contributed by atoms with Gasteiger partial charge in [-0.25, -0.2) is 57.8 Å². The number of quaternary nitrogens is 8. The van der Waals surface area contributed by atoms with Gasteiger partial charge in [-0.1, -0.05) is 150 Å². The fraction of sp³-hybridized carbons (Fsp3) is 0.865. The van der Waals surface area contributed by atoms with Gasteiger partial charge in [-0.2, -0.15) is 18.6 Å². The second-order valence-electron chi connectivity index (χ2n) is 40.9. The van der Waals surface area contributed by atoms with Crippen molar-refractivity contribution in [2.45, 2.75) is 241 Å². The molecule has 0 fully saturated rings. The van der Waals surface area contributed by atoms with E-state index in [0.717, 1.165) is 89.6 Å². The molecule has 0 radical (unpaired) electrons. The van der Waals surface area contributed by atoms with E-state index < -0.39 is 120 Å². The highest BCUT2D eigenvalue weighted by Gasteiger charge is 2.36. The number of carboxylic acids is 7. The first-order valence-electron chi connectivity index (χ1n) is 50.6. The van der Waals surface area contributed by atoms with E-state index in [0.29, 0.717) is 120 Å². The summed E-state index contributed by atoms with van der Waals surface area (Å²) in [5.41, 5.74) is -2.87. The molecule has 1 rings (SSSR count). The normalized spacial score (nSPS) is 12.0. The summed E-state index contributed by atoms with van der Waals surface area (Å²) < 4.78 is 127. The lowest BCUT2D eigenvalue weighted by atomic mass is 9.87. The number of phenolic OH excluding ortho intramolecular Hbond substituents is 2. The molecule has 1 aromatic rings. The number of carbonyl (C=O) groups is 7. The maximum absolute atomic E-state index is 10.5. The van der Waals surface area contributed by atoms with Crippen LogP contribution in [-0.2, 0) is 88.6 Å². The standard InChI is InChI=1S/C15H33NO4S.C13H27NO3.C12H27NO4S.C10H21NO3.C8H19NO4S.C7H17NO4S.C7H15NO3.C7H6O4.C6H13NO3.C6H12O4.C5H10O4/c1-4-5-6-7-8-9-11-14-20-16(2,3)13-10-12-15-21(17,18)19;1-4-5-6-7-8-9-10-11-17-14(2,3)12-13(15)16;1-4-5-6-8-11-17-13(2,3)10-7-9-12-18(14,15)16;1-4-5-6-7-8-14-11(2,3)9-10(12)13;1-9(2,6-7-10)5-3-4-8-14(11,12)13;1-8(2,5-6-9)4-3-7-13(10,11)12;1-8(2,5-6-9)4-3-7(10)11;8-5-1-4(7(10)11)2-6(9)3-5;1-7(2,3-4-8)5-6(9)10;1-2-6(3-7,4-8)5(9)10;1-5(2-6,3-7)4(8)9/h4-15H2,1-3H3;4-12H2,1-3H3;4-12H2,1-3H3;4-9H2,1-3H3;10H,3-8H2,1-2H3;9H,3-7H2,1-2H3;9H,3-6H2,1-2H3;1-3,8-9H,(H,10,11);8H,3-5H2,1-2H3;7-8H,2-4H2,1H3,(H,9,10);6-7H,2-3H2,1H3,(H,8,9). The summed E-state index contributed by atoms with van der Waals surface area (Å²) in [4.78, 5) is 94.2. The number of carbonyl (C=O) groups excluding carboxylic acids is 4. The predicted molar refractivity (Wildman–Crippen MR) is 548 cm³/mol. The van der Waals surface area contributed by atoms with Crippen molar-refractivity contribution in [2.75, 3.05) is 294 Å². The monoisotopic (exact) mass is 2230 g/mol. The Labute approximate surface area is 886 Å². The van der Waals surface area contributed by atoms with Gasteiger partial charge in [0.25, 0.3) is 0 Å². The molecular formula is C96H200N8O40S4. The largest absolute Gasteiger partial charge is 0.748 e. The zero-order valence-electron chi connectivity index (χ0n) is 93.5. The van der Waals surface area contributed by atoms with E-state index in [2.05, 4.69) is 27.7 Å². The highest BCUT2D eigenvalue weighted by atomic mass is 32.2. The van der Waals surface area contributed by atoms with Crippen molar-refractivity contribution >= 4 is 82.3 Å². The third kappa shape index (κ3) is 125. The summed E-state index contributed by atoms with van der Waals surface area (Å²) in [6.07, 6.45) is 30.6. The second kappa shape index (κ2) is 91.2. The molecule has 0 atom stereocenters. The molecule has 148 heavy (non-hydrogen) atoms. The zero-order chi connectivity index (χ0) is 117. The van der Waals surface area contributed by atoms with Crippen LogP contribution < -0.4 is 20.4 Å². The number of aliphatic hydroxyl groups excluding tert-OH is 8. The van der Waals surface area contributed by atoms with Gasteiger partial charge in [-0.15, -0.1) is 0 Å². The van der Waals surface area contributed by atoms with Crippen LogP contribution in [0.1, 0.15) is 251 Å². The number of aliphatic carboxylic acids is 6. The van der Waals surface area contributed by atoms with E-state index in [1.54, 1.807) is 49.2 Å². The highest BCUT2D eigenvalue weighted by Crippen LogP contribution is 2.22. The minimum Gasteiger partial charge on any atom is -0.748 e. The van der Waals surface area contributed by atoms with E-state index >= 15 is 0 Å². The smallest absolute Gasteiger partial charge is 0.335 e. The third-order valence-corrected chi connectivity index (χ3v) is 25.1. The molecule has 0 spiro atoms. The molecule has 0 aliphatic heterocycles. The summed E-state index contributed by atoms with van der Waals surface area (Å²) in [6, 6.07) is 3.18. The van der Waals surface area contributed by atoms with Crippen LogP contribution in [0.25, 0.3) is 0 Å². The van der Waals surface area contributed by atoms with Crippen molar-refractivity contribution in [1.82, 2.24) is 0 Å². The number of aliphatic hydroxyl groups is 8. The Bertz CT molecular complexity index is 3950. The van der Waals surface area contributed by atoms with Crippen molar-refractivity contribution in [2.24, 2.45) is 10.8 Å². The van der Waals surface area contributed by atoms with Gasteiger partial charge in [0.2, 0.25) is 0 Å². The first kappa shape index (κ1) is 162. The quantitative estimate of drug-likeness (QED) is 0.0182. The van der Waals surface area contributed by atoms with E-state index in [1.807, 2.05) is 70.5 Å². The number of hydrogen-bond donors (Lipinski definition) is 13. The Kier molecular flexibility index (Phi) is 99.8. The van der Waals surface area contributed by atoms with Crippen LogP contribution in [0, 0.1) is 10.8 Å². The fourth-order valence-electron chi connectivity index (χ4n) is 12.0. The number of benzene rings is 1. The summed E-state index contributed by atoms with van der Waals surface area (Å²) in [5.74, 6) is -9.47. The fourth-order valence-corrected chi connectivity index (χ4v) is 14.2. The molecule has 888 valence electrons. The SMILES string of the molecule is CC(CO)(CO)C(=O)O.CCC(CO)(CO)C(=O)O.CCCCCCCCCO[N+](C)(C)CC(=O)[O-].CCCCCCCCCO[N+](C)(C)CCCCS(=O)(=O)[O-].CCCCCCO[N+](C)(C)CC(=O)[O-].CCCCCCO[N+](C)(C)CCCCS(=O)(=O)[O-].C[N+](C)(CCO)CC(=O)[O-].C[N+](C)(CCO)CCC(=O)[O-].C[N+](C)(CCO)CCCCS(=O)(=O)[O-].C[N+](C)(CCO)CCCS(=O)(=O)[O-].O=C(O)c1cc(O)cc(O)c1. The molecule has 48 nitrogen and oxygen atoms in total. The molecule has 0 heterocycles. The summed E-state index contributed by atoms with van der Waals surface area (Å²) in [6.45, 7) is 17.8. The number of rotatable bonds is 74. The Balaban J connectivity index is -0.000000178. The van der Waals surface area contributed by atoms with Gasteiger partial charge in [0.1, 0.15) is 108 Å². The van der Waals surface area contributed by atoms with Gasteiger partial charge in [0, 0.05) is 60.7 Å². The Morgan fingerprint density at radius 3 is 0.770 bits per heavy atom. The number of unbranched alkanes of at least 4 members (excludes halogenated alkanes) is 21. The van der Waals surface area contributed by atoms with Gasteiger partial charge in [0.05, 0.1) is 249 Å². The third-order valence-electron chi connectivity index (χ3n) is 21.9. The average molecular weight is 2230 g/mol. The number of likely N-dealkylation sites (N-methyl/N-ethyl adjacent to an activating group) is 6. The second-order valence-corrected chi connectivity index (χ2v) is 47.0. The lowest BCUT2D eigenvalue weighted by molar-refractivity contribution is -1.08. The summed E-state index contributed by atoms with van der Waals surface area (Å²) in [5, 5.41) is 152. The van der Waals surface area contributed by atoms with Gasteiger partial charge < -0.3 is 142 Å². The first-order valence-corrected chi connectivity index (χ1v) is 56.9. The van der Waals surface area contributed by atoms with Crippen molar-refractivity contribution in [3.8, 4) is 11.5 Å². The Hall–Kier alpha value is -6.05. The molecule has 0 saturated carbocycles. The number of nitrogens with zero attached hydrogens (tertiary/aromatic N) is 8. The van der Waals surface area contributed by atoms with Gasteiger partial charge in [-0.3, -0.25) is 9.59 Å². The number of hydrogen-bond acceptors (Lipinski definition) is 37. The molecule has 1 aromatic carbocycles. The van der Waals surface area contributed by atoms with Gasteiger partial charge in [-0.05, 0) is 76.8 Å². The van der Waals surface area contributed by atoms with E-state index in [4.69, 9.17) is 85.7 Å². The zero-order valence-corrected chi connectivity index (χ0v) is 96.8. The molecule has 0 aliphatic carbocycles. The number of carboxylic acid groups (broad SMARTS) is 7. The van der Waals surface area contributed by atoms with Crippen LogP contribution in [0.5, 0.6) is 11.5 Å². The summed E-state index contributed by atoms with van der Waals surface area (Å²) in [7, 11) is 13.3. The molecule has 0 aliphatic rings. The van der Waals surface area contributed by atoms with Crippen molar-refractivity contribution in [3.63, 3.8) is 0 Å². The van der Waals surface area contributed by atoms with Gasteiger partial charge in [0.15, 0.2) is 0 Å². The van der Waals surface area contributed by atoms with Crippen LogP contribution in [0.4, 0.5) is 0 Å². The van der Waals surface area contributed by atoms with Crippen molar-refractivity contribution < 1.29 is 228 Å². The number of phenols is 2. The topological polar surface area (TPSA) is 740 Å². The minimum absolute atomic E-state index is 0.000278. The predicted octanol–water partition coefficient (Wildman–Crippen LogP) is 0.471. The van der Waals surface area contributed by atoms with E-state index in [9.17, 15) is 106 Å². The maximum atomic E-state index is 10.5. The van der Waals surface area contributed by atoms with Gasteiger partial charge >= 0.3 is 17.9 Å². The number of aromatic carboxylic acids is 1. The maximum Gasteiger partial charge on any atom is 0.335 e. The van der Waals surface area contributed by atoms with Crippen LogP contribution in [-0.4, -0.2) is 490 Å². The summed E-state index contributed by atoms with van der Waals surface area (Å²) >= 11 is 0. The van der Waals surface area contributed by atoms with E-state index in [-0.39, 0.29) is 113 Å². The first-order chi connectivity index (χ1) is 67.8. The Morgan fingerprint density at radius 1 is 0.297 bits per heavy atom. The molecule has 0 saturated heterocycles. The lowest BCUT2D eigenvalue weighted by Gasteiger charge is -2.29. The van der Waals surface area contributed by atoms with E-state index in [1.165, 1.54) is 110 Å².